The van der Waals surface area contributed by atoms with Crippen molar-refractivity contribution >= 4 is 12.0 Å². The van der Waals surface area contributed by atoms with Crippen LogP contribution < -0.4 is 11.1 Å². The third-order valence-corrected chi connectivity index (χ3v) is 1.61. The van der Waals surface area contributed by atoms with E-state index < -0.39 is 6.03 Å². The average molecular weight is 186 g/mol. The molecule has 0 saturated carbocycles. The van der Waals surface area contributed by atoms with Gasteiger partial charge in [-0.2, -0.15) is 0 Å². The van der Waals surface area contributed by atoms with Crippen LogP contribution in [-0.2, 0) is 0 Å². The van der Waals surface area contributed by atoms with Crippen molar-refractivity contribution < 1.29 is 4.79 Å². The summed E-state index contributed by atoms with van der Waals surface area (Å²) in [4.78, 5) is 12.3. The average Bonchev–Trinajstić information content (AvgIpc) is 1.81. The number of hydrogen-bond donors (Lipinski definition) is 3. The van der Waals surface area contributed by atoms with Crippen LogP contribution >= 0.6 is 0 Å². The van der Waals surface area contributed by atoms with E-state index in [1.165, 1.54) is 0 Å². The van der Waals surface area contributed by atoms with E-state index in [0.717, 1.165) is 0 Å². The maximum atomic E-state index is 10.5. The Bertz CT molecular complexity index is 192. The molecule has 0 aromatic heterocycles. The molecule has 0 atom stereocenters. The quantitative estimate of drug-likeness (QED) is 0.438. The lowest BCUT2D eigenvalue weighted by molar-refractivity contribution is 0.246. The van der Waals surface area contributed by atoms with Gasteiger partial charge in [-0.15, -0.1) is 0 Å². The first-order valence-electron chi connectivity index (χ1n) is 4.29. The van der Waals surface area contributed by atoms with E-state index in [1.807, 2.05) is 27.7 Å². The van der Waals surface area contributed by atoms with E-state index >= 15 is 0 Å². The van der Waals surface area contributed by atoms with E-state index in [4.69, 9.17) is 11.1 Å². The summed E-state index contributed by atoms with van der Waals surface area (Å²) in [7, 11) is 0. The SMILES string of the molecule is CC(C)N(C(=N)NC(N)=O)C(C)C. The van der Waals surface area contributed by atoms with Crippen LogP contribution in [0.2, 0.25) is 0 Å². The molecule has 0 heterocycles. The number of primary amides is 1. The van der Waals surface area contributed by atoms with Crippen LogP contribution in [0.5, 0.6) is 0 Å². The van der Waals surface area contributed by atoms with Gasteiger partial charge in [0.1, 0.15) is 0 Å². The highest BCUT2D eigenvalue weighted by atomic mass is 16.2. The zero-order valence-corrected chi connectivity index (χ0v) is 8.59. The molecule has 0 unspecified atom stereocenters. The molecule has 2 amide bonds. The molecule has 0 saturated heterocycles. The first-order chi connectivity index (χ1) is 5.86. The summed E-state index contributed by atoms with van der Waals surface area (Å²) in [6.45, 7) is 7.82. The highest BCUT2D eigenvalue weighted by Crippen LogP contribution is 2.03. The van der Waals surface area contributed by atoms with E-state index in [0.29, 0.717) is 0 Å². The molecular formula is C8H18N4O. The minimum absolute atomic E-state index is 0.0532. The summed E-state index contributed by atoms with van der Waals surface area (Å²) in [6.07, 6.45) is 0. The van der Waals surface area contributed by atoms with Crippen molar-refractivity contribution in [3.63, 3.8) is 0 Å². The lowest BCUT2D eigenvalue weighted by Gasteiger charge is -2.32. The Hall–Kier alpha value is -1.26. The van der Waals surface area contributed by atoms with Gasteiger partial charge in [-0.25, -0.2) is 4.79 Å². The summed E-state index contributed by atoms with van der Waals surface area (Å²) in [5, 5.41) is 9.80. The van der Waals surface area contributed by atoms with Crippen molar-refractivity contribution in [2.75, 3.05) is 0 Å². The minimum Gasteiger partial charge on any atom is -0.351 e. The smallest absolute Gasteiger partial charge is 0.318 e. The third kappa shape index (κ3) is 3.78. The van der Waals surface area contributed by atoms with Crippen LogP contribution in [0.3, 0.4) is 0 Å². The van der Waals surface area contributed by atoms with Crippen LogP contribution in [0.1, 0.15) is 27.7 Å². The number of amides is 2. The Labute approximate surface area is 78.8 Å². The zero-order valence-electron chi connectivity index (χ0n) is 8.59. The van der Waals surface area contributed by atoms with Gasteiger partial charge in [0, 0.05) is 12.1 Å². The lowest BCUT2D eigenvalue weighted by Crippen LogP contribution is -2.51. The Morgan fingerprint density at radius 2 is 1.69 bits per heavy atom. The van der Waals surface area contributed by atoms with Crippen molar-refractivity contribution in [1.82, 2.24) is 10.2 Å². The largest absolute Gasteiger partial charge is 0.351 e. The number of nitrogens with one attached hydrogen (secondary N) is 2. The summed E-state index contributed by atoms with van der Waals surface area (Å²) in [5.74, 6) is 0.0532. The predicted molar refractivity (Wildman–Crippen MR) is 52.6 cm³/mol. The van der Waals surface area contributed by atoms with Crippen LogP contribution in [0.15, 0.2) is 0 Å². The molecule has 76 valence electrons. The molecule has 5 heteroatoms. The van der Waals surface area contributed by atoms with E-state index in [9.17, 15) is 4.79 Å². The van der Waals surface area contributed by atoms with Crippen LogP contribution in [-0.4, -0.2) is 29.0 Å². The first-order valence-corrected chi connectivity index (χ1v) is 4.29. The van der Waals surface area contributed by atoms with Gasteiger partial charge in [-0.05, 0) is 27.7 Å². The lowest BCUT2D eigenvalue weighted by atomic mass is 10.2. The van der Waals surface area contributed by atoms with Crippen molar-refractivity contribution in [1.29, 1.82) is 5.41 Å². The number of guanidine groups is 1. The zero-order chi connectivity index (χ0) is 10.6. The fourth-order valence-corrected chi connectivity index (χ4v) is 1.29. The molecule has 0 aliphatic rings. The molecule has 0 aromatic rings. The number of carbonyl (C=O) groups is 1. The highest BCUT2D eigenvalue weighted by Gasteiger charge is 2.17. The second-order valence-corrected chi connectivity index (χ2v) is 3.43. The van der Waals surface area contributed by atoms with Gasteiger partial charge in [-0.1, -0.05) is 0 Å². The van der Waals surface area contributed by atoms with Gasteiger partial charge >= 0.3 is 6.03 Å². The van der Waals surface area contributed by atoms with Gasteiger partial charge in [-0.3, -0.25) is 10.7 Å². The molecular weight excluding hydrogens is 168 g/mol. The summed E-state index contributed by atoms with van der Waals surface area (Å²) in [6, 6.07) is -0.366. The summed E-state index contributed by atoms with van der Waals surface area (Å²) in [5.41, 5.74) is 4.91. The van der Waals surface area contributed by atoms with Crippen molar-refractivity contribution in [2.45, 2.75) is 39.8 Å². The number of nitrogens with zero attached hydrogens (tertiary/aromatic N) is 1. The Kier molecular flexibility index (Phi) is 4.23. The highest BCUT2D eigenvalue weighted by molar-refractivity contribution is 5.94. The number of nitrogens with two attached hydrogens (primary N) is 1. The van der Waals surface area contributed by atoms with E-state index in [2.05, 4.69) is 5.32 Å². The topological polar surface area (TPSA) is 82.2 Å². The van der Waals surface area contributed by atoms with Gasteiger partial charge in [0.2, 0.25) is 0 Å². The Morgan fingerprint density at radius 3 is 1.92 bits per heavy atom. The Morgan fingerprint density at radius 1 is 1.31 bits per heavy atom. The molecule has 0 bridgehead atoms. The molecule has 0 aliphatic carbocycles. The molecule has 0 radical (unpaired) electrons. The normalized spacial score (nSPS) is 10.3. The number of hydrogen-bond acceptors (Lipinski definition) is 2. The third-order valence-electron chi connectivity index (χ3n) is 1.61. The predicted octanol–water partition coefficient (Wildman–Crippen LogP) is 0.708. The van der Waals surface area contributed by atoms with Crippen LogP contribution in [0.25, 0.3) is 0 Å². The summed E-state index contributed by atoms with van der Waals surface area (Å²) < 4.78 is 0. The minimum atomic E-state index is -0.698. The molecule has 0 fully saturated rings. The maximum Gasteiger partial charge on any atom is 0.318 e. The molecule has 5 nitrogen and oxygen atoms in total. The second kappa shape index (κ2) is 4.69. The molecule has 13 heavy (non-hydrogen) atoms. The molecule has 0 spiro atoms. The van der Waals surface area contributed by atoms with E-state index in [1.54, 1.807) is 4.90 Å². The first kappa shape index (κ1) is 11.7. The number of urea groups is 1. The molecule has 4 N–H and O–H groups in total. The standard InChI is InChI=1S/C8H18N4O/c1-5(2)12(6(3)4)7(9)11-8(10)13/h5-6H,1-4H3,(H4,9,10,11,13). The van der Waals surface area contributed by atoms with Crippen molar-refractivity contribution in [3.8, 4) is 0 Å². The van der Waals surface area contributed by atoms with Gasteiger partial charge in [0.05, 0.1) is 0 Å². The summed E-state index contributed by atoms with van der Waals surface area (Å²) >= 11 is 0. The van der Waals surface area contributed by atoms with Crippen molar-refractivity contribution in [3.05, 3.63) is 0 Å². The fourth-order valence-electron chi connectivity index (χ4n) is 1.29. The van der Waals surface area contributed by atoms with Crippen LogP contribution in [0, 0.1) is 5.41 Å². The number of carbonyl (C=O) groups excluding carboxylic acids is 1. The van der Waals surface area contributed by atoms with Gasteiger partial charge in [0.25, 0.3) is 0 Å². The number of rotatable bonds is 2. The molecule has 0 aliphatic heterocycles. The molecule has 0 rings (SSSR count). The maximum absolute atomic E-state index is 10.5. The monoisotopic (exact) mass is 186 g/mol. The van der Waals surface area contributed by atoms with Crippen molar-refractivity contribution in [2.24, 2.45) is 5.73 Å². The molecule has 0 aromatic carbocycles. The van der Waals surface area contributed by atoms with Crippen LogP contribution in [0.4, 0.5) is 4.79 Å². The van der Waals surface area contributed by atoms with Gasteiger partial charge in [0.15, 0.2) is 5.96 Å². The van der Waals surface area contributed by atoms with E-state index in [-0.39, 0.29) is 18.0 Å². The fraction of sp³-hybridized carbons (Fsp3) is 0.750. The Balaban J connectivity index is 4.38. The second-order valence-electron chi connectivity index (χ2n) is 3.43. The van der Waals surface area contributed by atoms with Gasteiger partial charge < -0.3 is 10.6 Å².